The van der Waals surface area contributed by atoms with Crippen LogP contribution < -0.4 is 0 Å². The van der Waals surface area contributed by atoms with E-state index in [1.807, 2.05) is 6.07 Å². The molecule has 5 heteroatoms. The van der Waals surface area contributed by atoms with Gasteiger partial charge in [-0.3, -0.25) is 4.79 Å². The van der Waals surface area contributed by atoms with Crippen molar-refractivity contribution in [2.45, 2.75) is 103 Å². The first kappa shape index (κ1) is 21.5. The van der Waals surface area contributed by atoms with E-state index in [0.29, 0.717) is 29.7 Å². The van der Waals surface area contributed by atoms with Gasteiger partial charge < -0.3 is 9.67 Å². The van der Waals surface area contributed by atoms with Crippen LogP contribution in [0.25, 0.3) is 11.0 Å². The van der Waals surface area contributed by atoms with E-state index in [0.717, 1.165) is 49.9 Å². The summed E-state index contributed by atoms with van der Waals surface area (Å²) in [6.07, 6.45) is 9.45. The number of ketones is 1. The molecule has 0 aliphatic heterocycles. The maximum Gasteiger partial charge on any atom is 0.151 e. The molecule has 1 aromatic carbocycles. The summed E-state index contributed by atoms with van der Waals surface area (Å²) in [5.74, 6) is 0.899. The number of benzene rings is 1. The van der Waals surface area contributed by atoms with Crippen molar-refractivity contribution < 1.29 is 14.3 Å². The average molecular weight is 415 g/mol. The van der Waals surface area contributed by atoms with Crippen molar-refractivity contribution in [2.24, 2.45) is 5.41 Å². The van der Waals surface area contributed by atoms with Crippen molar-refractivity contribution in [3.05, 3.63) is 29.3 Å². The van der Waals surface area contributed by atoms with E-state index in [1.165, 1.54) is 18.9 Å². The van der Waals surface area contributed by atoms with Crippen LogP contribution in [0.15, 0.2) is 12.1 Å². The molecule has 1 aromatic heterocycles. The van der Waals surface area contributed by atoms with Gasteiger partial charge >= 0.3 is 0 Å². The van der Waals surface area contributed by atoms with Crippen LogP contribution >= 0.6 is 0 Å². The summed E-state index contributed by atoms with van der Waals surface area (Å²) < 4.78 is 17.1. The van der Waals surface area contributed by atoms with Crippen LogP contribution in [0.4, 0.5) is 4.39 Å². The second-order valence-electron chi connectivity index (χ2n) is 10.8. The third-order valence-corrected chi connectivity index (χ3v) is 7.29. The number of imidazole rings is 1. The van der Waals surface area contributed by atoms with Crippen molar-refractivity contribution in [3.63, 3.8) is 0 Å². The summed E-state index contributed by atoms with van der Waals surface area (Å²) in [6, 6.07) is 3.31. The number of hydrogen-bond acceptors (Lipinski definition) is 3. The van der Waals surface area contributed by atoms with Crippen molar-refractivity contribution in [3.8, 4) is 0 Å². The first-order chi connectivity index (χ1) is 14.0. The number of carbonyl (C=O) groups excluding carboxylic acids is 1. The van der Waals surface area contributed by atoms with E-state index >= 15 is 0 Å². The third kappa shape index (κ3) is 4.18. The highest BCUT2D eigenvalue weighted by Crippen LogP contribution is 2.48. The Kier molecular flexibility index (Phi) is 5.32. The minimum absolute atomic E-state index is 0.0505. The summed E-state index contributed by atoms with van der Waals surface area (Å²) in [6.45, 7) is 7.78. The number of nitrogens with zero attached hydrogens (tertiary/aromatic N) is 2. The number of aromatic nitrogens is 2. The molecule has 0 radical (unpaired) electrons. The fourth-order valence-electron chi connectivity index (χ4n) is 4.78. The van der Waals surface area contributed by atoms with Gasteiger partial charge in [0.05, 0.1) is 11.1 Å². The Morgan fingerprint density at radius 3 is 2.47 bits per heavy atom. The molecule has 0 saturated heterocycles. The Hall–Kier alpha value is -1.75. The predicted octanol–water partition coefficient (Wildman–Crippen LogP) is 5.77. The molecule has 2 aliphatic rings. The summed E-state index contributed by atoms with van der Waals surface area (Å²) >= 11 is 0. The Bertz CT molecular complexity index is 962. The van der Waals surface area contributed by atoms with Gasteiger partial charge in [-0.15, -0.1) is 0 Å². The van der Waals surface area contributed by atoms with Crippen molar-refractivity contribution in [2.75, 3.05) is 0 Å². The molecule has 0 bridgehead atoms. The maximum absolute atomic E-state index is 14.9. The minimum atomic E-state index is -1.11. The average Bonchev–Trinajstić information content (AvgIpc) is 3.22. The van der Waals surface area contributed by atoms with Crippen molar-refractivity contribution in [1.82, 2.24) is 9.55 Å². The molecule has 0 unspecified atom stereocenters. The normalized spacial score (nSPS) is 19.7. The lowest BCUT2D eigenvalue weighted by atomic mass is 9.78. The fourth-order valence-corrected chi connectivity index (χ4v) is 4.78. The molecule has 1 heterocycles. The number of halogens is 1. The summed E-state index contributed by atoms with van der Waals surface area (Å²) in [5.41, 5.74) is 0.863. The Morgan fingerprint density at radius 1 is 1.20 bits per heavy atom. The SMILES string of the molecule is CC1(CC(=O)CCCCc2nc3c(F)cc(C(C)(C)O)cc3n2C2(C)CCC2)CC1. The van der Waals surface area contributed by atoms with E-state index in [2.05, 4.69) is 18.4 Å². The molecule has 0 spiro atoms. The Labute approximate surface area is 178 Å². The number of aliphatic hydroxyl groups is 1. The number of carbonyl (C=O) groups is 1. The highest BCUT2D eigenvalue weighted by Gasteiger charge is 2.39. The van der Waals surface area contributed by atoms with Crippen LogP contribution in [0, 0.1) is 11.2 Å². The lowest BCUT2D eigenvalue weighted by Crippen LogP contribution is -2.38. The van der Waals surface area contributed by atoms with E-state index in [9.17, 15) is 14.3 Å². The number of fused-ring (bicyclic) bond motifs is 1. The first-order valence-corrected chi connectivity index (χ1v) is 11.5. The van der Waals surface area contributed by atoms with Crippen LogP contribution in [0.2, 0.25) is 0 Å². The first-order valence-electron chi connectivity index (χ1n) is 11.5. The zero-order chi connectivity index (χ0) is 21.7. The van der Waals surface area contributed by atoms with Gasteiger partial charge in [-0.2, -0.15) is 0 Å². The highest BCUT2D eigenvalue weighted by molar-refractivity contribution is 5.79. The number of hydrogen-bond donors (Lipinski definition) is 1. The molecule has 0 amide bonds. The van der Waals surface area contributed by atoms with E-state index in [-0.39, 0.29) is 16.8 Å². The molecule has 4 rings (SSSR count). The Balaban J connectivity index is 1.55. The van der Waals surface area contributed by atoms with Crippen LogP contribution in [-0.4, -0.2) is 20.4 Å². The lowest BCUT2D eigenvalue weighted by Gasteiger charge is -2.41. The monoisotopic (exact) mass is 414 g/mol. The van der Waals surface area contributed by atoms with Crippen LogP contribution in [0.3, 0.4) is 0 Å². The smallest absolute Gasteiger partial charge is 0.151 e. The molecule has 2 aliphatic carbocycles. The summed E-state index contributed by atoms with van der Waals surface area (Å²) in [4.78, 5) is 16.9. The summed E-state index contributed by atoms with van der Waals surface area (Å²) in [7, 11) is 0. The molecule has 0 atom stereocenters. The van der Waals surface area contributed by atoms with Gasteiger partial charge in [-0.25, -0.2) is 9.37 Å². The van der Waals surface area contributed by atoms with E-state index in [1.54, 1.807) is 13.8 Å². The van der Waals surface area contributed by atoms with Crippen LogP contribution in [0.5, 0.6) is 0 Å². The second kappa shape index (κ2) is 7.44. The lowest BCUT2D eigenvalue weighted by molar-refractivity contribution is -0.120. The molecule has 30 heavy (non-hydrogen) atoms. The number of unbranched alkanes of at least 4 members (excludes halogenated alkanes) is 1. The minimum Gasteiger partial charge on any atom is -0.386 e. The zero-order valence-corrected chi connectivity index (χ0v) is 18.9. The van der Waals surface area contributed by atoms with E-state index in [4.69, 9.17) is 4.98 Å². The second-order valence-corrected chi connectivity index (χ2v) is 10.8. The molecule has 164 valence electrons. The van der Waals surface area contributed by atoms with Crippen LogP contribution in [0.1, 0.15) is 96.9 Å². The number of Topliss-reactive ketones (excluding diaryl/α,β-unsaturated/α-hetero) is 1. The van der Waals surface area contributed by atoms with Gasteiger partial charge in [0.1, 0.15) is 17.1 Å². The number of aryl methyl sites for hydroxylation is 1. The standard InChI is InChI=1S/C25H35FN2O2/c1-23(2,30)17-14-19(26)22-20(15-17)28(25(4)10-7-11-25)21(27-22)9-6-5-8-18(29)16-24(3)12-13-24/h14-15,30H,5-13,16H2,1-4H3. The Morgan fingerprint density at radius 2 is 1.90 bits per heavy atom. The topological polar surface area (TPSA) is 55.1 Å². The number of rotatable bonds is 9. The fraction of sp³-hybridized carbons (Fsp3) is 0.680. The van der Waals surface area contributed by atoms with Gasteiger partial charge in [0.15, 0.2) is 5.82 Å². The molecular formula is C25H35FN2O2. The van der Waals surface area contributed by atoms with Crippen LogP contribution in [-0.2, 0) is 22.4 Å². The molecule has 1 N–H and O–H groups in total. The highest BCUT2D eigenvalue weighted by atomic mass is 19.1. The molecule has 2 saturated carbocycles. The zero-order valence-electron chi connectivity index (χ0n) is 18.9. The third-order valence-electron chi connectivity index (χ3n) is 7.29. The summed E-state index contributed by atoms with van der Waals surface area (Å²) in [5, 5.41) is 10.4. The van der Waals surface area contributed by atoms with Crippen molar-refractivity contribution in [1.29, 1.82) is 0 Å². The maximum atomic E-state index is 14.9. The van der Waals surface area contributed by atoms with Crippen molar-refractivity contribution >= 4 is 16.8 Å². The molecular weight excluding hydrogens is 379 g/mol. The predicted molar refractivity (Wildman–Crippen MR) is 117 cm³/mol. The largest absolute Gasteiger partial charge is 0.386 e. The quantitative estimate of drug-likeness (QED) is 0.530. The molecule has 4 nitrogen and oxygen atoms in total. The van der Waals surface area contributed by atoms with E-state index < -0.39 is 5.60 Å². The van der Waals surface area contributed by atoms with Gasteiger partial charge in [0.2, 0.25) is 0 Å². The van der Waals surface area contributed by atoms with Gasteiger partial charge in [-0.05, 0) is 88.8 Å². The molecule has 2 aromatic rings. The van der Waals surface area contributed by atoms with Gasteiger partial charge in [0, 0.05) is 24.8 Å². The van der Waals surface area contributed by atoms with Gasteiger partial charge in [-0.1, -0.05) is 6.92 Å². The molecule has 2 fully saturated rings. The van der Waals surface area contributed by atoms with Gasteiger partial charge in [0.25, 0.3) is 0 Å².